The van der Waals surface area contributed by atoms with Gasteiger partial charge in [-0.15, -0.1) is 0 Å². The highest BCUT2D eigenvalue weighted by atomic mass is 16.4. The molecule has 4 N–H and O–H groups in total. The number of benzene rings is 1. The van der Waals surface area contributed by atoms with Gasteiger partial charge in [-0.05, 0) is 38.2 Å². The van der Waals surface area contributed by atoms with Crippen LogP contribution in [0.4, 0.5) is 0 Å². The van der Waals surface area contributed by atoms with Crippen molar-refractivity contribution in [2.75, 3.05) is 19.6 Å². The summed E-state index contributed by atoms with van der Waals surface area (Å²) in [6.07, 6.45) is 0.687. The molecule has 3 rings (SSSR count). The second-order valence-corrected chi connectivity index (χ2v) is 8.40. The van der Waals surface area contributed by atoms with Gasteiger partial charge in [0.25, 0.3) is 0 Å². The summed E-state index contributed by atoms with van der Waals surface area (Å²) < 4.78 is 0. The molecule has 0 unspecified atom stereocenters. The first-order valence-corrected chi connectivity index (χ1v) is 10.6. The Labute approximate surface area is 176 Å². The van der Waals surface area contributed by atoms with Crippen molar-refractivity contribution >= 4 is 17.8 Å². The molecule has 4 atom stereocenters. The SMILES string of the molecule is CCN1C(=O)[C@]2(CCCN(C(=O)[C@@H](N)CCC(=O)O)C2)C[C@@H](O)[C@@H]1c1ccccc1. The third kappa shape index (κ3) is 4.34. The predicted octanol–water partition coefficient (Wildman–Crippen LogP) is 1.14. The molecule has 2 heterocycles. The third-order valence-corrected chi connectivity index (χ3v) is 6.37. The van der Waals surface area contributed by atoms with E-state index in [1.165, 1.54) is 0 Å². The predicted molar refractivity (Wildman–Crippen MR) is 110 cm³/mol. The van der Waals surface area contributed by atoms with E-state index in [1.54, 1.807) is 9.80 Å². The van der Waals surface area contributed by atoms with Gasteiger partial charge in [-0.25, -0.2) is 0 Å². The van der Waals surface area contributed by atoms with Crippen LogP contribution in [0, 0.1) is 5.41 Å². The lowest BCUT2D eigenvalue weighted by Gasteiger charge is -2.52. The third-order valence-electron chi connectivity index (χ3n) is 6.37. The number of carboxylic acids is 1. The van der Waals surface area contributed by atoms with Gasteiger partial charge in [0.1, 0.15) is 0 Å². The highest BCUT2D eigenvalue weighted by molar-refractivity contribution is 5.87. The van der Waals surface area contributed by atoms with E-state index >= 15 is 0 Å². The van der Waals surface area contributed by atoms with Gasteiger partial charge >= 0.3 is 5.97 Å². The van der Waals surface area contributed by atoms with Gasteiger partial charge in [0.2, 0.25) is 11.8 Å². The number of amides is 2. The number of piperidine rings is 2. The lowest BCUT2D eigenvalue weighted by molar-refractivity contribution is -0.166. The monoisotopic (exact) mass is 417 g/mol. The summed E-state index contributed by atoms with van der Waals surface area (Å²) in [5.74, 6) is -1.36. The highest BCUT2D eigenvalue weighted by Gasteiger charge is 2.53. The molecule has 1 aromatic carbocycles. The average molecular weight is 418 g/mol. The fourth-order valence-electron chi connectivity index (χ4n) is 4.93. The number of hydrogen-bond donors (Lipinski definition) is 3. The molecule has 2 aliphatic heterocycles. The van der Waals surface area contributed by atoms with Gasteiger partial charge in [-0.1, -0.05) is 30.3 Å². The summed E-state index contributed by atoms with van der Waals surface area (Å²) in [7, 11) is 0. The van der Waals surface area contributed by atoms with Crippen molar-refractivity contribution in [3.63, 3.8) is 0 Å². The van der Waals surface area contributed by atoms with Gasteiger partial charge in [0.15, 0.2) is 0 Å². The number of likely N-dealkylation sites (tertiary alicyclic amines) is 2. The standard InChI is InChI=1S/C22H31N3O5/c1-2-25-19(15-7-4-3-5-8-15)17(26)13-22(21(25)30)11-6-12-24(14-22)20(29)16(23)9-10-18(27)28/h3-5,7-8,16-17,19,26H,2,6,9-14,23H2,1H3,(H,27,28)/t16-,17+,19-,22+/m0/s1. The normalized spacial score (nSPS) is 27.9. The zero-order chi connectivity index (χ0) is 21.9. The molecule has 0 saturated carbocycles. The van der Waals surface area contributed by atoms with Gasteiger partial charge in [0, 0.05) is 26.1 Å². The minimum Gasteiger partial charge on any atom is -0.481 e. The minimum absolute atomic E-state index is 0.0410. The van der Waals surface area contributed by atoms with Gasteiger partial charge in [0.05, 0.1) is 23.6 Å². The van der Waals surface area contributed by atoms with Crippen LogP contribution in [0.2, 0.25) is 0 Å². The zero-order valence-corrected chi connectivity index (χ0v) is 17.4. The van der Waals surface area contributed by atoms with Crippen molar-refractivity contribution < 1.29 is 24.6 Å². The summed E-state index contributed by atoms with van der Waals surface area (Å²) >= 11 is 0. The molecule has 2 amide bonds. The Morgan fingerprint density at radius 1 is 1.30 bits per heavy atom. The number of carboxylic acid groups (broad SMARTS) is 1. The second kappa shape index (κ2) is 9.14. The van der Waals surface area contributed by atoms with Crippen molar-refractivity contribution in [1.29, 1.82) is 0 Å². The molecule has 8 nitrogen and oxygen atoms in total. The molecule has 2 aliphatic rings. The van der Waals surface area contributed by atoms with E-state index in [9.17, 15) is 19.5 Å². The largest absolute Gasteiger partial charge is 0.481 e. The molecule has 1 aromatic rings. The fraction of sp³-hybridized carbons (Fsp3) is 0.591. The smallest absolute Gasteiger partial charge is 0.303 e. The Bertz CT molecular complexity index is 786. The molecule has 1 spiro atoms. The minimum atomic E-state index is -0.996. The topological polar surface area (TPSA) is 124 Å². The van der Waals surface area contributed by atoms with Crippen molar-refractivity contribution in [2.45, 2.75) is 57.2 Å². The lowest BCUT2D eigenvalue weighted by Crippen LogP contribution is -2.62. The fourth-order valence-corrected chi connectivity index (χ4v) is 4.93. The van der Waals surface area contributed by atoms with Gasteiger partial charge in [-0.3, -0.25) is 14.4 Å². The highest BCUT2D eigenvalue weighted by Crippen LogP contribution is 2.45. The molecule has 8 heteroatoms. The molecule has 0 aromatic heterocycles. The molecule has 0 bridgehead atoms. The first-order valence-electron chi connectivity index (χ1n) is 10.6. The van der Waals surface area contributed by atoms with Gasteiger partial charge < -0.3 is 25.7 Å². The van der Waals surface area contributed by atoms with Crippen LogP contribution in [0.1, 0.15) is 50.6 Å². The Morgan fingerprint density at radius 3 is 2.63 bits per heavy atom. The van der Waals surface area contributed by atoms with Gasteiger partial charge in [-0.2, -0.15) is 0 Å². The van der Waals surface area contributed by atoms with Crippen molar-refractivity contribution in [1.82, 2.24) is 9.80 Å². The maximum atomic E-state index is 13.6. The number of carbonyl (C=O) groups excluding carboxylic acids is 2. The van der Waals surface area contributed by atoms with Crippen LogP contribution in [-0.2, 0) is 14.4 Å². The van der Waals surface area contributed by atoms with E-state index in [0.29, 0.717) is 25.9 Å². The number of aliphatic carboxylic acids is 1. The first-order chi connectivity index (χ1) is 14.3. The van der Waals surface area contributed by atoms with E-state index in [1.807, 2.05) is 37.3 Å². The number of likely N-dealkylation sites (N-methyl/N-ethyl adjacent to an activating group) is 1. The summed E-state index contributed by atoms with van der Waals surface area (Å²) in [5, 5.41) is 19.9. The zero-order valence-electron chi connectivity index (χ0n) is 17.4. The van der Waals surface area contributed by atoms with E-state index in [4.69, 9.17) is 10.8 Å². The van der Waals surface area contributed by atoms with Crippen LogP contribution < -0.4 is 5.73 Å². The van der Waals surface area contributed by atoms with Crippen LogP contribution >= 0.6 is 0 Å². The Morgan fingerprint density at radius 2 is 2.00 bits per heavy atom. The van der Waals surface area contributed by atoms with Crippen LogP contribution in [-0.4, -0.2) is 69.6 Å². The summed E-state index contributed by atoms with van der Waals surface area (Å²) in [6.45, 7) is 3.05. The molecule has 2 saturated heterocycles. The Kier molecular flexibility index (Phi) is 6.77. The Balaban J connectivity index is 1.79. The molecular weight excluding hydrogens is 386 g/mol. The number of hydrogen-bond acceptors (Lipinski definition) is 5. The number of nitrogens with zero attached hydrogens (tertiary/aromatic N) is 2. The molecule has 0 aliphatic carbocycles. The number of aliphatic hydroxyl groups excluding tert-OH is 1. The van der Waals surface area contributed by atoms with E-state index in [-0.39, 0.29) is 37.6 Å². The second-order valence-electron chi connectivity index (χ2n) is 8.40. The summed E-state index contributed by atoms with van der Waals surface area (Å²) in [4.78, 5) is 40.5. The quantitative estimate of drug-likeness (QED) is 0.638. The first kappa shape index (κ1) is 22.2. The maximum absolute atomic E-state index is 13.6. The van der Waals surface area contributed by atoms with Crippen molar-refractivity contribution in [3.05, 3.63) is 35.9 Å². The molecule has 2 fully saturated rings. The van der Waals surface area contributed by atoms with E-state index in [2.05, 4.69) is 0 Å². The number of rotatable bonds is 6. The summed E-state index contributed by atoms with van der Waals surface area (Å²) in [5.41, 5.74) is 5.99. The Hall–Kier alpha value is -2.45. The van der Waals surface area contributed by atoms with Crippen molar-refractivity contribution in [2.24, 2.45) is 11.1 Å². The average Bonchev–Trinajstić information content (AvgIpc) is 2.74. The summed E-state index contributed by atoms with van der Waals surface area (Å²) in [6, 6.07) is 8.21. The van der Waals surface area contributed by atoms with Crippen LogP contribution in [0.5, 0.6) is 0 Å². The number of aliphatic hydroxyl groups is 1. The maximum Gasteiger partial charge on any atom is 0.303 e. The lowest BCUT2D eigenvalue weighted by atomic mass is 9.69. The van der Waals surface area contributed by atoms with E-state index < -0.39 is 29.6 Å². The molecule has 164 valence electrons. The molecule has 0 radical (unpaired) electrons. The van der Waals surface area contributed by atoms with Crippen LogP contribution in [0.25, 0.3) is 0 Å². The van der Waals surface area contributed by atoms with Crippen LogP contribution in [0.3, 0.4) is 0 Å². The van der Waals surface area contributed by atoms with Crippen LogP contribution in [0.15, 0.2) is 30.3 Å². The number of carbonyl (C=O) groups is 3. The molecule has 30 heavy (non-hydrogen) atoms. The van der Waals surface area contributed by atoms with E-state index in [0.717, 1.165) is 5.56 Å². The molecular formula is C22H31N3O5. The van der Waals surface area contributed by atoms with Crippen molar-refractivity contribution in [3.8, 4) is 0 Å². The number of nitrogens with two attached hydrogens (primary N) is 1.